The zero-order valence-electron chi connectivity index (χ0n) is 13.2. The number of rotatable bonds is 4. The Morgan fingerprint density at radius 3 is 2.78 bits per heavy atom. The van der Waals surface area contributed by atoms with Crippen LogP contribution in [-0.2, 0) is 23.0 Å². The number of fused-ring (bicyclic) bond motifs is 1. The lowest BCUT2D eigenvalue weighted by Crippen LogP contribution is -2.01. The highest BCUT2D eigenvalue weighted by atomic mass is 16.5. The lowest BCUT2D eigenvalue weighted by molar-refractivity contribution is -0.140. The minimum Gasteiger partial charge on any atom is -0.507 e. The number of phenols is 1. The van der Waals surface area contributed by atoms with Gasteiger partial charge in [-0.25, -0.2) is 0 Å². The molecule has 1 heterocycles. The monoisotopic (exact) mass is 309 g/mol. The van der Waals surface area contributed by atoms with Crippen molar-refractivity contribution in [3.63, 3.8) is 0 Å². The van der Waals surface area contributed by atoms with Gasteiger partial charge >= 0.3 is 5.97 Å². The Kier molecular flexibility index (Phi) is 4.06. The van der Waals surface area contributed by atoms with E-state index in [1.54, 1.807) is 6.07 Å². The second-order valence-electron chi connectivity index (χ2n) is 5.63. The molecule has 4 nitrogen and oxygen atoms in total. The van der Waals surface area contributed by atoms with E-state index in [0.29, 0.717) is 12.8 Å². The molecule has 2 aromatic carbocycles. The maximum absolute atomic E-state index is 11.3. The first-order valence-electron chi connectivity index (χ1n) is 7.52. The van der Waals surface area contributed by atoms with Gasteiger partial charge in [-0.1, -0.05) is 12.1 Å². The number of esters is 1. The molecule has 0 saturated carbocycles. The van der Waals surface area contributed by atoms with Gasteiger partial charge in [0.1, 0.15) is 5.75 Å². The first kappa shape index (κ1) is 15.2. The lowest BCUT2D eigenvalue weighted by atomic mass is 9.99. The molecular weight excluding hydrogens is 290 g/mol. The largest absolute Gasteiger partial charge is 0.507 e. The van der Waals surface area contributed by atoms with Gasteiger partial charge in [0.25, 0.3) is 0 Å². The number of hydrogen-bond acceptors (Lipinski definition) is 3. The molecule has 23 heavy (non-hydrogen) atoms. The first-order chi connectivity index (χ1) is 11.1. The smallest absolute Gasteiger partial charge is 0.305 e. The summed E-state index contributed by atoms with van der Waals surface area (Å²) in [7, 11) is 3.40. The molecule has 0 amide bonds. The van der Waals surface area contributed by atoms with Crippen LogP contribution < -0.4 is 0 Å². The lowest BCUT2D eigenvalue weighted by Gasteiger charge is -2.09. The van der Waals surface area contributed by atoms with Crippen molar-refractivity contribution in [3.8, 4) is 16.9 Å². The number of nitrogens with zero attached hydrogens (tertiary/aromatic N) is 1. The number of aryl methyl sites for hydroxylation is 2. The van der Waals surface area contributed by atoms with Gasteiger partial charge in [0.05, 0.1) is 7.11 Å². The average Bonchev–Trinajstić information content (AvgIpc) is 2.94. The fourth-order valence-corrected chi connectivity index (χ4v) is 2.77. The third kappa shape index (κ3) is 3.06. The molecule has 3 aromatic rings. The number of carbonyl (C=O) groups is 1. The summed E-state index contributed by atoms with van der Waals surface area (Å²) in [6, 6.07) is 13.6. The third-order valence-corrected chi connectivity index (χ3v) is 4.10. The fraction of sp³-hybridized carbons (Fsp3) is 0.211. The number of carbonyl (C=O) groups excluding carboxylic acids is 1. The first-order valence-corrected chi connectivity index (χ1v) is 7.52. The maximum atomic E-state index is 11.3. The summed E-state index contributed by atoms with van der Waals surface area (Å²) in [6.07, 6.45) is 2.94. The molecule has 0 aliphatic rings. The van der Waals surface area contributed by atoms with E-state index in [-0.39, 0.29) is 11.7 Å². The van der Waals surface area contributed by atoms with E-state index in [0.717, 1.165) is 27.6 Å². The van der Waals surface area contributed by atoms with Crippen molar-refractivity contribution >= 4 is 16.9 Å². The maximum Gasteiger partial charge on any atom is 0.305 e. The van der Waals surface area contributed by atoms with Crippen LogP contribution in [0.3, 0.4) is 0 Å². The summed E-state index contributed by atoms with van der Waals surface area (Å²) in [5, 5.41) is 11.3. The summed E-state index contributed by atoms with van der Waals surface area (Å²) in [6.45, 7) is 0. The number of aromatic hydroxyl groups is 1. The van der Waals surface area contributed by atoms with E-state index in [1.807, 2.05) is 37.5 Å². The highest BCUT2D eigenvalue weighted by molar-refractivity contribution is 5.86. The molecule has 0 aliphatic heterocycles. The Labute approximate surface area is 134 Å². The van der Waals surface area contributed by atoms with Gasteiger partial charge < -0.3 is 14.4 Å². The predicted octanol–water partition coefficient (Wildman–Crippen LogP) is 3.66. The third-order valence-electron chi connectivity index (χ3n) is 4.10. The Bertz CT molecular complexity index is 864. The Morgan fingerprint density at radius 1 is 1.17 bits per heavy atom. The summed E-state index contributed by atoms with van der Waals surface area (Å²) in [5.74, 6) is 0.00688. The highest BCUT2D eigenvalue weighted by Crippen LogP contribution is 2.32. The number of aromatic nitrogens is 1. The van der Waals surface area contributed by atoms with Crippen LogP contribution in [0.2, 0.25) is 0 Å². The van der Waals surface area contributed by atoms with Gasteiger partial charge in [0, 0.05) is 36.1 Å². The molecule has 4 heteroatoms. The van der Waals surface area contributed by atoms with Crippen molar-refractivity contribution in [2.24, 2.45) is 7.05 Å². The summed E-state index contributed by atoms with van der Waals surface area (Å²) < 4.78 is 6.73. The van der Waals surface area contributed by atoms with E-state index < -0.39 is 0 Å². The number of methoxy groups -OCH3 is 1. The van der Waals surface area contributed by atoms with Gasteiger partial charge in [-0.2, -0.15) is 0 Å². The highest BCUT2D eigenvalue weighted by Gasteiger charge is 2.09. The van der Waals surface area contributed by atoms with Crippen LogP contribution in [0.25, 0.3) is 22.0 Å². The van der Waals surface area contributed by atoms with Crippen LogP contribution in [0, 0.1) is 0 Å². The van der Waals surface area contributed by atoms with Gasteiger partial charge in [-0.15, -0.1) is 0 Å². The Balaban J connectivity index is 1.95. The molecule has 0 spiro atoms. The molecular formula is C19H19NO3. The number of hydrogen-bond donors (Lipinski definition) is 1. The van der Waals surface area contributed by atoms with E-state index in [2.05, 4.69) is 21.4 Å². The van der Waals surface area contributed by atoms with E-state index >= 15 is 0 Å². The SMILES string of the molecule is COC(=O)CCc1ccc(O)c(-c2ccc3c(ccn3C)c2)c1. The fourth-order valence-electron chi connectivity index (χ4n) is 2.77. The zero-order chi connectivity index (χ0) is 16.4. The van der Waals surface area contributed by atoms with E-state index in [9.17, 15) is 9.90 Å². The normalized spacial score (nSPS) is 10.9. The second-order valence-corrected chi connectivity index (χ2v) is 5.63. The van der Waals surface area contributed by atoms with Crippen molar-refractivity contribution in [2.75, 3.05) is 7.11 Å². The number of phenolic OH excluding ortho intramolecular Hbond substituents is 1. The minimum atomic E-state index is -0.231. The van der Waals surface area contributed by atoms with Crippen LogP contribution >= 0.6 is 0 Å². The molecule has 0 saturated heterocycles. The van der Waals surface area contributed by atoms with E-state index in [1.165, 1.54) is 7.11 Å². The second kappa shape index (κ2) is 6.16. The van der Waals surface area contributed by atoms with Crippen molar-refractivity contribution < 1.29 is 14.6 Å². The Hall–Kier alpha value is -2.75. The summed E-state index contributed by atoms with van der Waals surface area (Å²) in [4.78, 5) is 11.3. The molecule has 118 valence electrons. The molecule has 0 fully saturated rings. The molecule has 0 aliphatic carbocycles. The van der Waals surface area contributed by atoms with E-state index in [4.69, 9.17) is 0 Å². The van der Waals surface area contributed by atoms with Gasteiger partial charge in [0.15, 0.2) is 0 Å². The van der Waals surface area contributed by atoms with Gasteiger partial charge in [0.2, 0.25) is 0 Å². The van der Waals surface area contributed by atoms with Crippen molar-refractivity contribution in [1.29, 1.82) is 0 Å². The molecule has 1 aromatic heterocycles. The van der Waals surface area contributed by atoms with Crippen molar-refractivity contribution in [2.45, 2.75) is 12.8 Å². The summed E-state index contributed by atoms with van der Waals surface area (Å²) >= 11 is 0. The van der Waals surface area contributed by atoms with Gasteiger partial charge in [-0.05, 0) is 47.9 Å². The number of ether oxygens (including phenoxy) is 1. The van der Waals surface area contributed by atoms with Gasteiger partial charge in [-0.3, -0.25) is 4.79 Å². The topological polar surface area (TPSA) is 51.5 Å². The predicted molar refractivity (Wildman–Crippen MR) is 90.4 cm³/mol. The molecule has 0 atom stereocenters. The quantitative estimate of drug-likeness (QED) is 0.748. The molecule has 1 N–H and O–H groups in total. The van der Waals surface area contributed by atoms with Crippen molar-refractivity contribution in [3.05, 3.63) is 54.2 Å². The van der Waals surface area contributed by atoms with Crippen LogP contribution in [-0.4, -0.2) is 22.8 Å². The van der Waals surface area contributed by atoms with Crippen LogP contribution in [0.4, 0.5) is 0 Å². The van der Waals surface area contributed by atoms with Crippen LogP contribution in [0.5, 0.6) is 5.75 Å². The summed E-state index contributed by atoms with van der Waals surface area (Å²) in [5.41, 5.74) is 3.88. The average molecular weight is 309 g/mol. The Morgan fingerprint density at radius 2 is 2.00 bits per heavy atom. The minimum absolute atomic E-state index is 0.231. The van der Waals surface area contributed by atoms with Crippen LogP contribution in [0.15, 0.2) is 48.7 Å². The molecule has 3 rings (SSSR count). The standard InChI is InChI=1S/C19H19NO3/c1-20-10-9-15-12-14(5-6-17(15)20)16-11-13(3-7-18(16)21)4-8-19(22)23-2/h3,5-7,9-12,21H,4,8H2,1-2H3. The van der Waals surface area contributed by atoms with Crippen LogP contribution in [0.1, 0.15) is 12.0 Å². The zero-order valence-corrected chi connectivity index (χ0v) is 13.2. The number of benzene rings is 2. The molecule has 0 radical (unpaired) electrons. The molecule has 0 bridgehead atoms. The molecule has 0 unspecified atom stereocenters. The van der Waals surface area contributed by atoms with Crippen molar-refractivity contribution in [1.82, 2.24) is 4.57 Å².